The van der Waals surface area contributed by atoms with Gasteiger partial charge in [-0.1, -0.05) is 42.8 Å². The molecular formula is C16H13ClO3. The number of para-hydroxylation sites is 1. The van der Waals surface area contributed by atoms with Gasteiger partial charge in [-0.15, -0.1) is 0 Å². The maximum atomic E-state index is 12.0. The van der Waals surface area contributed by atoms with Gasteiger partial charge in [-0.25, -0.2) is 4.79 Å². The number of rotatable bonds is 4. The largest absolute Gasteiger partial charge is 0.421 e. The summed E-state index contributed by atoms with van der Waals surface area (Å²) in [6.07, 6.45) is 0.316. The predicted octanol–water partition coefficient (Wildman–Crippen LogP) is 4.15. The minimum Gasteiger partial charge on any atom is -0.421 e. The number of carbonyl (C=O) groups excluding carboxylic acids is 2. The second kappa shape index (κ2) is 6.35. The van der Waals surface area contributed by atoms with E-state index in [1.165, 1.54) is 0 Å². The first-order valence-electron chi connectivity index (χ1n) is 6.22. The Kier molecular flexibility index (Phi) is 4.53. The first kappa shape index (κ1) is 14.3. The first-order chi connectivity index (χ1) is 9.63. The highest BCUT2D eigenvalue weighted by molar-refractivity contribution is 6.33. The van der Waals surface area contributed by atoms with Crippen molar-refractivity contribution in [1.82, 2.24) is 0 Å². The summed E-state index contributed by atoms with van der Waals surface area (Å²) < 4.78 is 5.29. The number of hydrogen-bond donors (Lipinski definition) is 0. The highest BCUT2D eigenvalue weighted by Crippen LogP contribution is 2.30. The van der Waals surface area contributed by atoms with Gasteiger partial charge in [0, 0.05) is 6.42 Å². The lowest BCUT2D eigenvalue weighted by molar-refractivity contribution is 0.0732. The third kappa shape index (κ3) is 3.06. The molecule has 0 aliphatic rings. The summed E-state index contributed by atoms with van der Waals surface area (Å²) in [5, 5.41) is 0.244. The van der Waals surface area contributed by atoms with Gasteiger partial charge in [0.25, 0.3) is 0 Å². The van der Waals surface area contributed by atoms with Crippen molar-refractivity contribution >= 4 is 23.4 Å². The lowest BCUT2D eigenvalue weighted by atomic mass is 10.1. The number of ether oxygens (including phenoxy) is 1. The average molecular weight is 289 g/mol. The number of Topliss-reactive ketones (excluding diaryl/α,β-unsaturated/α-hetero) is 1. The molecule has 0 aliphatic carbocycles. The molecule has 0 unspecified atom stereocenters. The SMILES string of the molecule is CCC(=O)c1cccc(Cl)c1OC(=O)c1ccccc1. The zero-order valence-electron chi connectivity index (χ0n) is 10.9. The molecule has 4 heteroatoms. The molecule has 2 aromatic carbocycles. The van der Waals surface area contributed by atoms with Gasteiger partial charge in [-0.2, -0.15) is 0 Å². The molecule has 2 rings (SSSR count). The van der Waals surface area contributed by atoms with Gasteiger partial charge in [0.05, 0.1) is 16.1 Å². The fourth-order valence-corrected chi connectivity index (χ4v) is 1.96. The van der Waals surface area contributed by atoms with Crippen LogP contribution in [-0.4, -0.2) is 11.8 Å². The van der Waals surface area contributed by atoms with Crippen LogP contribution in [0.25, 0.3) is 0 Å². The normalized spacial score (nSPS) is 10.1. The van der Waals surface area contributed by atoms with Crippen LogP contribution in [0, 0.1) is 0 Å². The molecule has 3 nitrogen and oxygen atoms in total. The summed E-state index contributed by atoms with van der Waals surface area (Å²) in [7, 11) is 0. The third-order valence-electron chi connectivity index (χ3n) is 2.79. The fourth-order valence-electron chi connectivity index (χ4n) is 1.75. The molecule has 0 aliphatic heterocycles. The quantitative estimate of drug-likeness (QED) is 0.482. The van der Waals surface area contributed by atoms with Crippen LogP contribution in [0.15, 0.2) is 48.5 Å². The van der Waals surface area contributed by atoms with Crippen LogP contribution in [0.3, 0.4) is 0 Å². The van der Waals surface area contributed by atoms with E-state index in [0.717, 1.165) is 0 Å². The molecule has 20 heavy (non-hydrogen) atoms. The molecule has 0 N–H and O–H groups in total. The second-order valence-electron chi connectivity index (χ2n) is 4.15. The summed E-state index contributed by atoms with van der Waals surface area (Å²) in [6, 6.07) is 13.4. The van der Waals surface area contributed by atoms with E-state index >= 15 is 0 Å². The molecule has 0 bridgehead atoms. The van der Waals surface area contributed by atoms with Gasteiger partial charge in [0.15, 0.2) is 11.5 Å². The van der Waals surface area contributed by atoms with Crippen molar-refractivity contribution in [1.29, 1.82) is 0 Å². The molecule has 0 aromatic heterocycles. The Labute approximate surface area is 122 Å². The van der Waals surface area contributed by atoms with Crippen molar-refractivity contribution in [3.8, 4) is 5.75 Å². The van der Waals surface area contributed by atoms with Crippen LogP contribution in [0.2, 0.25) is 5.02 Å². The molecule has 0 spiro atoms. The zero-order chi connectivity index (χ0) is 14.5. The van der Waals surface area contributed by atoms with E-state index in [1.54, 1.807) is 55.5 Å². The average Bonchev–Trinajstić information content (AvgIpc) is 2.49. The van der Waals surface area contributed by atoms with Gasteiger partial charge in [-0.05, 0) is 24.3 Å². The lowest BCUT2D eigenvalue weighted by Gasteiger charge is -2.10. The molecule has 102 valence electrons. The number of carbonyl (C=O) groups is 2. The van der Waals surface area contributed by atoms with E-state index in [2.05, 4.69) is 0 Å². The van der Waals surface area contributed by atoms with Gasteiger partial charge in [-0.3, -0.25) is 4.79 Å². The molecule has 0 amide bonds. The Morgan fingerprint density at radius 2 is 1.75 bits per heavy atom. The predicted molar refractivity (Wildman–Crippen MR) is 77.5 cm³/mol. The van der Waals surface area contributed by atoms with E-state index < -0.39 is 5.97 Å². The van der Waals surface area contributed by atoms with Crippen molar-refractivity contribution in [3.05, 3.63) is 64.7 Å². The summed E-state index contributed by atoms with van der Waals surface area (Å²) in [5.74, 6) is -0.540. The number of hydrogen-bond acceptors (Lipinski definition) is 3. The molecule has 0 heterocycles. The Bertz CT molecular complexity index is 635. The molecule has 0 saturated carbocycles. The van der Waals surface area contributed by atoms with E-state index in [9.17, 15) is 9.59 Å². The molecule has 0 atom stereocenters. The van der Waals surface area contributed by atoms with Crippen LogP contribution < -0.4 is 4.74 Å². The molecule has 0 radical (unpaired) electrons. The van der Waals surface area contributed by atoms with Crippen molar-refractivity contribution < 1.29 is 14.3 Å². The third-order valence-corrected chi connectivity index (χ3v) is 3.09. The number of esters is 1. The van der Waals surface area contributed by atoms with Crippen molar-refractivity contribution in [2.24, 2.45) is 0 Å². The highest BCUT2D eigenvalue weighted by atomic mass is 35.5. The standard InChI is InChI=1S/C16H13ClO3/c1-2-14(18)12-9-6-10-13(17)15(12)20-16(19)11-7-4-3-5-8-11/h3-10H,2H2,1H3. The van der Waals surface area contributed by atoms with E-state index in [-0.39, 0.29) is 16.6 Å². The summed E-state index contributed by atoms with van der Waals surface area (Å²) in [4.78, 5) is 23.9. The van der Waals surface area contributed by atoms with Crippen molar-refractivity contribution in [2.75, 3.05) is 0 Å². The summed E-state index contributed by atoms with van der Waals surface area (Å²) in [5.41, 5.74) is 0.728. The topological polar surface area (TPSA) is 43.4 Å². The van der Waals surface area contributed by atoms with E-state index in [0.29, 0.717) is 17.5 Å². The van der Waals surface area contributed by atoms with Gasteiger partial charge >= 0.3 is 5.97 Å². The van der Waals surface area contributed by atoms with Gasteiger partial charge in [0.1, 0.15) is 0 Å². The van der Waals surface area contributed by atoms with Crippen molar-refractivity contribution in [3.63, 3.8) is 0 Å². The Morgan fingerprint density at radius 1 is 1.05 bits per heavy atom. The molecule has 0 saturated heterocycles. The monoisotopic (exact) mass is 288 g/mol. The number of benzene rings is 2. The fraction of sp³-hybridized carbons (Fsp3) is 0.125. The molecular weight excluding hydrogens is 276 g/mol. The van der Waals surface area contributed by atoms with Crippen LogP contribution in [0.5, 0.6) is 5.75 Å². The van der Waals surface area contributed by atoms with Crippen LogP contribution in [-0.2, 0) is 0 Å². The minimum atomic E-state index is -0.538. The zero-order valence-corrected chi connectivity index (χ0v) is 11.7. The van der Waals surface area contributed by atoms with E-state index in [1.807, 2.05) is 0 Å². The first-order valence-corrected chi connectivity index (χ1v) is 6.60. The smallest absolute Gasteiger partial charge is 0.343 e. The summed E-state index contributed by atoms with van der Waals surface area (Å²) in [6.45, 7) is 1.74. The Morgan fingerprint density at radius 3 is 2.40 bits per heavy atom. The minimum absolute atomic E-state index is 0.120. The van der Waals surface area contributed by atoms with Gasteiger partial charge in [0.2, 0.25) is 0 Å². The number of halogens is 1. The maximum absolute atomic E-state index is 12.0. The molecule has 2 aromatic rings. The maximum Gasteiger partial charge on any atom is 0.343 e. The molecule has 0 fully saturated rings. The second-order valence-corrected chi connectivity index (χ2v) is 4.56. The van der Waals surface area contributed by atoms with Crippen LogP contribution >= 0.6 is 11.6 Å². The van der Waals surface area contributed by atoms with Crippen LogP contribution in [0.4, 0.5) is 0 Å². The van der Waals surface area contributed by atoms with Crippen LogP contribution in [0.1, 0.15) is 34.1 Å². The Hall–Kier alpha value is -2.13. The van der Waals surface area contributed by atoms with Gasteiger partial charge < -0.3 is 4.74 Å². The highest BCUT2D eigenvalue weighted by Gasteiger charge is 2.18. The van der Waals surface area contributed by atoms with Crippen molar-refractivity contribution in [2.45, 2.75) is 13.3 Å². The lowest BCUT2D eigenvalue weighted by Crippen LogP contribution is -2.11. The van der Waals surface area contributed by atoms with E-state index in [4.69, 9.17) is 16.3 Å². The number of ketones is 1. The Balaban J connectivity index is 2.34. The summed E-state index contributed by atoms with van der Waals surface area (Å²) >= 11 is 6.03.